The molecule has 0 aliphatic heterocycles. The molecule has 13 N–H and O–H groups in total. The molecule has 0 aromatic heterocycles. The Morgan fingerprint density at radius 3 is 1.83 bits per heavy atom. The number of amides is 5. The number of aryl methyl sites for hydroxylation is 2. The number of benzene rings is 2. The fraction of sp³-hybridized carbons (Fsp3) is 0.514. The first kappa shape index (κ1) is 43.8. The highest BCUT2D eigenvalue weighted by Gasteiger charge is 2.32. The predicted octanol–water partition coefficient (Wildman–Crippen LogP) is 0.810. The molecule has 0 radical (unpaired) electrons. The third-order valence-corrected chi connectivity index (χ3v) is 8.20. The fourth-order valence-electron chi connectivity index (χ4n) is 5.58. The highest BCUT2D eigenvalue weighted by atomic mass is 16.6. The number of hydrogen-bond acceptors (Lipinski definition) is 9. The number of guanidine groups is 1. The van der Waals surface area contributed by atoms with Gasteiger partial charge in [0.1, 0.15) is 35.5 Å². The summed E-state index contributed by atoms with van der Waals surface area (Å²) in [7, 11) is 0. The number of primary amides is 1. The number of unbranched alkanes of at least 4 members (excludes halogenated alkanes) is 1. The Labute approximate surface area is 311 Å². The summed E-state index contributed by atoms with van der Waals surface area (Å²) >= 11 is 0. The molecule has 5 amide bonds. The average molecular weight is 740 g/mol. The van der Waals surface area contributed by atoms with Gasteiger partial charge in [-0.25, -0.2) is 4.79 Å². The van der Waals surface area contributed by atoms with E-state index in [1.54, 1.807) is 58.9 Å². The van der Waals surface area contributed by atoms with E-state index in [2.05, 4.69) is 26.3 Å². The van der Waals surface area contributed by atoms with E-state index < -0.39 is 59.5 Å². The van der Waals surface area contributed by atoms with Gasteiger partial charge < -0.3 is 54.0 Å². The van der Waals surface area contributed by atoms with Crippen molar-refractivity contribution in [3.8, 4) is 5.75 Å². The molecule has 0 bridgehead atoms. The number of hydrogen-bond donors (Lipinski definition) is 9. The Kier molecular flexibility index (Phi) is 17.5. The molecule has 0 saturated carbocycles. The van der Waals surface area contributed by atoms with Crippen molar-refractivity contribution in [2.24, 2.45) is 27.9 Å². The van der Waals surface area contributed by atoms with Crippen LogP contribution in [-0.2, 0) is 36.8 Å². The summed E-state index contributed by atoms with van der Waals surface area (Å²) in [5, 5.41) is 20.9. The number of phenolic OH excluding ortho intramolecular Hbond substituents is 1. The summed E-state index contributed by atoms with van der Waals surface area (Å²) in [6, 6.07) is 7.50. The van der Waals surface area contributed by atoms with Gasteiger partial charge in [-0.3, -0.25) is 24.2 Å². The van der Waals surface area contributed by atoms with Crippen molar-refractivity contribution in [1.82, 2.24) is 21.3 Å². The summed E-state index contributed by atoms with van der Waals surface area (Å²) in [6.07, 6.45) is 0.863. The Hall–Kier alpha value is -5.38. The van der Waals surface area contributed by atoms with Crippen LogP contribution in [0.5, 0.6) is 5.75 Å². The molecule has 2 rings (SSSR count). The van der Waals surface area contributed by atoms with Crippen molar-refractivity contribution in [1.29, 1.82) is 0 Å². The summed E-state index contributed by atoms with van der Waals surface area (Å²) in [5.41, 5.74) is 24.2. The van der Waals surface area contributed by atoms with Crippen molar-refractivity contribution in [3.05, 3.63) is 64.7 Å². The van der Waals surface area contributed by atoms with E-state index >= 15 is 0 Å². The standard InChI is InChI=1S/C37H57N9O7/c1-22-18-25(47)19-23(2)26(22)21-30(45-33(50)28(15-11-17-42-35(40)41)46-36(52)53-37(3,4)5)34(51)43-27(14-9-10-16-38)32(49)44-29(31(39)48)20-24-12-7-6-8-13-24/h6-8,12-13,18-19,27-30,47H,9-11,14-17,20-21,38H2,1-5H3,(H2,39,48)(H,43,51)(H,44,49)(H,45,50)(H,46,52)(H4,40,41,42)/t27-,28+,29-,30-/m0/s1. The second kappa shape index (κ2) is 21.2. The molecule has 0 spiro atoms. The van der Waals surface area contributed by atoms with Crippen molar-refractivity contribution >= 4 is 35.7 Å². The van der Waals surface area contributed by atoms with E-state index in [-0.39, 0.29) is 43.9 Å². The first-order valence-corrected chi connectivity index (χ1v) is 17.7. The molecule has 4 atom stereocenters. The van der Waals surface area contributed by atoms with E-state index in [0.29, 0.717) is 42.5 Å². The van der Waals surface area contributed by atoms with Crippen LogP contribution in [0.15, 0.2) is 47.5 Å². The SMILES string of the molecule is Cc1cc(O)cc(C)c1C[C@H](NC(=O)[C@@H](CCCN=C(N)N)NC(=O)OC(C)(C)C)C(=O)N[C@@H](CCCCN)C(=O)N[C@@H](Cc1ccccc1)C(N)=O. The molecule has 2 aromatic rings. The van der Waals surface area contributed by atoms with Crippen LogP contribution < -0.4 is 44.2 Å². The van der Waals surface area contributed by atoms with Gasteiger partial charge in [0.05, 0.1) is 0 Å². The minimum absolute atomic E-state index is 0.0300. The van der Waals surface area contributed by atoms with Gasteiger partial charge in [-0.05, 0) is 108 Å². The number of alkyl carbamates (subject to hydrolysis) is 1. The number of aromatic hydroxyl groups is 1. The van der Waals surface area contributed by atoms with Gasteiger partial charge in [0.2, 0.25) is 23.6 Å². The van der Waals surface area contributed by atoms with Crippen molar-refractivity contribution in [2.45, 2.75) is 109 Å². The molecule has 53 heavy (non-hydrogen) atoms. The zero-order valence-corrected chi connectivity index (χ0v) is 31.4. The van der Waals surface area contributed by atoms with Gasteiger partial charge in [0.15, 0.2) is 5.96 Å². The van der Waals surface area contributed by atoms with Crippen LogP contribution in [0.4, 0.5) is 4.79 Å². The van der Waals surface area contributed by atoms with Gasteiger partial charge in [-0.15, -0.1) is 0 Å². The maximum atomic E-state index is 14.2. The number of ether oxygens (including phenoxy) is 1. The van der Waals surface area contributed by atoms with Gasteiger partial charge >= 0.3 is 6.09 Å². The molecule has 0 fully saturated rings. The van der Waals surface area contributed by atoms with Crippen molar-refractivity contribution in [2.75, 3.05) is 13.1 Å². The van der Waals surface area contributed by atoms with Crippen molar-refractivity contribution < 1.29 is 33.8 Å². The van der Waals surface area contributed by atoms with Gasteiger partial charge in [-0.1, -0.05) is 30.3 Å². The third kappa shape index (κ3) is 16.2. The number of rotatable bonds is 20. The zero-order chi connectivity index (χ0) is 39.7. The molecule has 0 aliphatic rings. The minimum Gasteiger partial charge on any atom is -0.508 e. The monoisotopic (exact) mass is 739 g/mol. The normalized spacial score (nSPS) is 13.4. The lowest BCUT2D eigenvalue weighted by atomic mass is 9.95. The average Bonchev–Trinajstić information content (AvgIpc) is 3.05. The summed E-state index contributed by atoms with van der Waals surface area (Å²) in [6.45, 7) is 9.08. The molecule has 0 unspecified atom stereocenters. The van der Waals surface area contributed by atoms with Crippen LogP contribution in [0.2, 0.25) is 0 Å². The van der Waals surface area contributed by atoms with Crippen LogP contribution >= 0.6 is 0 Å². The number of aliphatic imine (C=N–C) groups is 1. The van der Waals surface area contributed by atoms with E-state index in [9.17, 15) is 29.1 Å². The molecular formula is C37H57N9O7. The smallest absolute Gasteiger partial charge is 0.408 e. The Morgan fingerprint density at radius 2 is 1.28 bits per heavy atom. The first-order valence-electron chi connectivity index (χ1n) is 17.7. The lowest BCUT2D eigenvalue weighted by Crippen LogP contribution is -2.59. The Balaban J connectivity index is 2.44. The summed E-state index contributed by atoms with van der Waals surface area (Å²) in [4.78, 5) is 70.9. The maximum absolute atomic E-state index is 14.2. The van der Waals surface area contributed by atoms with Crippen LogP contribution in [0, 0.1) is 13.8 Å². The first-order chi connectivity index (χ1) is 24.9. The summed E-state index contributed by atoms with van der Waals surface area (Å²) < 4.78 is 5.38. The Morgan fingerprint density at radius 1 is 0.755 bits per heavy atom. The van der Waals surface area contributed by atoms with Crippen LogP contribution in [0.3, 0.4) is 0 Å². The number of carbonyl (C=O) groups excluding carboxylic acids is 5. The number of nitrogens with two attached hydrogens (primary N) is 4. The molecular weight excluding hydrogens is 682 g/mol. The van der Waals surface area contributed by atoms with Gasteiger partial charge in [-0.2, -0.15) is 0 Å². The van der Waals surface area contributed by atoms with Crippen LogP contribution in [0.1, 0.15) is 75.1 Å². The number of carbonyl (C=O) groups is 5. The molecule has 16 nitrogen and oxygen atoms in total. The van der Waals surface area contributed by atoms with E-state index in [1.165, 1.54) is 12.1 Å². The molecule has 0 heterocycles. The molecule has 0 saturated heterocycles. The van der Waals surface area contributed by atoms with Gasteiger partial charge in [0, 0.05) is 19.4 Å². The second-order valence-corrected chi connectivity index (χ2v) is 14.0. The largest absolute Gasteiger partial charge is 0.508 e. The van der Waals surface area contributed by atoms with Crippen molar-refractivity contribution in [3.63, 3.8) is 0 Å². The van der Waals surface area contributed by atoms with E-state index in [0.717, 1.165) is 5.56 Å². The highest BCUT2D eigenvalue weighted by molar-refractivity contribution is 5.95. The molecule has 0 aliphatic carbocycles. The molecule has 2 aromatic carbocycles. The second-order valence-electron chi connectivity index (χ2n) is 14.0. The lowest BCUT2D eigenvalue weighted by Gasteiger charge is -2.27. The molecule has 292 valence electrons. The topological polar surface area (TPSA) is 279 Å². The third-order valence-electron chi connectivity index (χ3n) is 8.20. The molecule has 16 heteroatoms. The minimum atomic E-state index is -1.26. The fourth-order valence-corrected chi connectivity index (χ4v) is 5.58. The van der Waals surface area contributed by atoms with Crippen LogP contribution in [-0.4, -0.2) is 83.6 Å². The predicted molar refractivity (Wildman–Crippen MR) is 202 cm³/mol. The van der Waals surface area contributed by atoms with E-state index in [1.807, 2.05) is 6.07 Å². The number of nitrogens with zero attached hydrogens (tertiary/aromatic N) is 1. The van der Waals surface area contributed by atoms with Gasteiger partial charge in [0.25, 0.3) is 0 Å². The van der Waals surface area contributed by atoms with Crippen LogP contribution in [0.25, 0.3) is 0 Å². The Bertz CT molecular complexity index is 1550. The number of nitrogens with one attached hydrogen (secondary N) is 4. The number of phenols is 1. The quantitative estimate of drug-likeness (QED) is 0.0523. The zero-order valence-electron chi connectivity index (χ0n) is 31.4. The highest BCUT2D eigenvalue weighted by Crippen LogP contribution is 2.22. The van der Waals surface area contributed by atoms with E-state index in [4.69, 9.17) is 27.7 Å². The maximum Gasteiger partial charge on any atom is 0.408 e. The lowest BCUT2D eigenvalue weighted by molar-refractivity contribution is -0.133. The summed E-state index contributed by atoms with van der Waals surface area (Å²) in [5.74, 6) is -2.88.